The number of hydrogen-bond donors (Lipinski definition) is 1. The van der Waals surface area contributed by atoms with Crippen molar-refractivity contribution in [1.29, 1.82) is 0 Å². The highest BCUT2D eigenvalue weighted by molar-refractivity contribution is 5.80. The van der Waals surface area contributed by atoms with Gasteiger partial charge in [-0.2, -0.15) is 0 Å². The Kier molecular flexibility index (Phi) is 3.56. The van der Waals surface area contributed by atoms with Crippen LogP contribution in [0.15, 0.2) is 42.9 Å². The molecule has 2 aromatic heterocycles. The summed E-state index contributed by atoms with van der Waals surface area (Å²) in [6.07, 6.45) is 7.87. The number of benzene rings is 1. The van der Waals surface area contributed by atoms with Crippen molar-refractivity contribution in [2.75, 3.05) is 6.54 Å². The molecular weight excluding hydrogens is 248 g/mol. The van der Waals surface area contributed by atoms with Gasteiger partial charge in [0.1, 0.15) is 5.82 Å². The number of hydrogen-bond acceptors (Lipinski definition) is 2. The summed E-state index contributed by atoms with van der Waals surface area (Å²) in [5.41, 5.74) is 8.20. The summed E-state index contributed by atoms with van der Waals surface area (Å²) in [5.74, 6) is 1.12. The zero-order valence-electron chi connectivity index (χ0n) is 11.8. The maximum Gasteiger partial charge on any atom is 0.110 e. The summed E-state index contributed by atoms with van der Waals surface area (Å²) < 4.78 is 4.36. The third-order valence-corrected chi connectivity index (χ3v) is 3.77. The first-order valence-electron chi connectivity index (χ1n) is 7.02. The van der Waals surface area contributed by atoms with Crippen molar-refractivity contribution in [2.24, 2.45) is 12.8 Å². The van der Waals surface area contributed by atoms with Crippen LogP contribution in [-0.2, 0) is 26.4 Å². The highest BCUT2D eigenvalue weighted by Crippen LogP contribution is 2.18. The fraction of sp³-hybridized carbons (Fsp3) is 0.312. The van der Waals surface area contributed by atoms with E-state index in [0.29, 0.717) is 6.54 Å². The van der Waals surface area contributed by atoms with Crippen molar-refractivity contribution in [3.8, 4) is 0 Å². The van der Waals surface area contributed by atoms with Crippen molar-refractivity contribution in [3.05, 3.63) is 54.2 Å². The highest BCUT2D eigenvalue weighted by atomic mass is 15.0. The lowest BCUT2D eigenvalue weighted by Crippen LogP contribution is -2.05. The van der Waals surface area contributed by atoms with E-state index in [4.69, 9.17) is 5.73 Å². The van der Waals surface area contributed by atoms with Gasteiger partial charge in [-0.05, 0) is 42.1 Å². The molecule has 0 aliphatic heterocycles. The predicted molar refractivity (Wildman–Crippen MR) is 81.6 cm³/mol. The summed E-state index contributed by atoms with van der Waals surface area (Å²) in [7, 11) is 2.04. The van der Waals surface area contributed by atoms with E-state index in [2.05, 4.69) is 44.6 Å². The first kappa shape index (κ1) is 12.9. The normalized spacial score (nSPS) is 11.3. The van der Waals surface area contributed by atoms with E-state index in [1.165, 1.54) is 16.5 Å². The van der Waals surface area contributed by atoms with Crippen LogP contribution in [0, 0.1) is 0 Å². The SMILES string of the molecule is Cn1ccnc1CCn1ccc2cc(CCN)ccc21. The fourth-order valence-electron chi connectivity index (χ4n) is 2.62. The van der Waals surface area contributed by atoms with E-state index in [-0.39, 0.29) is 0 Å². The lowest BCUT2D eigenvalue weighted by atomic mass is 10.1. The van der Waals surface area contributed by atoms with Crippen LogP contribution < -0.4 is 5.73 Å². The molecule has 0 saturated carbocycles. The van der Waals surface area contributed by atoms with Crippen molar-refractivity contribution in [3.63, 3.8) is 0 Å². The molecule has 0 unspecified atom stereocenters. The lowest BCUT2D eigenvalue weighted by molar-refractivity contribution is 0.668. The zero-order chi connectivity index (χ0) is 13.9. The smallest absolute Gasteiger partial charge is 0.110 e. The van der Waals surface area contributed by atoms with Crippen LogP contribution in [-0.4, -0.2) is 20.7 Å². The Hall–Kier alpha value is -2.07. The van der Waals surface area contributed by atoms with Crippen LogP contribution in [0.25, 0.3) is 10.9 Å². The molecule has 4 nitrogen and oxygen atoms in total. The van der Waals surface area contributed by atoms with Gasteiger partial charge in [0.25, 0.3) is 0 Å². The Morgan fingerprint density at radius 2 is 2.05 bits per heavy atom. The third kappa shape index (κ3) is 2.47. The summed E-state index contributed by atoms with van der Waals surface area (Å²) in [6.45, 7) is 1.65. The molecule has 3 rings (SSSR count). The van der Waals surface area contributed by atoms with Gasteiger partial charge in [0, 0.05) is 44.1 Å². The van der Waals surface area contributed by atoms with Crippen molar-refractivity contribution >= 4 is 10.9 Å². The Morgan fingerprint density at radius 3 is 2.80 bits per heavy atom. The highest BCUT2D eigenvalue weighted by Gasteiger charge is 2.04. The predicted octanol–water partition coefficient (Wildman–Crippen LogP) is 2.12. The zero-order valence-corrected chi connectivity index (χ0v) is 11.8. The number of aryl methyl sites for hydroxylation is 3. The molecule has 2 N–H and O–H groups in total. The van der Waals surface area contributed by atoms with Crippen LogP contribution in [0.5, 0.6) is 0 Å². The first-order chi connectivity index (χ1) is 9.78. The van der Waals surface area contributed by atoms with Gasteiger partial charge < -0.3 is 14.9 Å². The van der Waals surface area contributed by atoms with E-state index in [1.54, 1.807) is 0 Å². The average molecular weight is 268 g/mol. The second kappa shape index (κ2) is 5.51. The molecule has 2 heterocycles. The molecule has 0 aliphatic rings. The lowest BCUT2D eigenvalue weighted by Gasteiger charge is -2.06. The van der Waals surface area contributed by atoms with Crippen LogP contribution in [0.3, 0.4) is 0 Å². The number of fused-ring (bicyclic) bond motifs is 1. The molecule has 3 aromatic rings. The largest absolute Gasteiger partial charge is 0.347 e. The minimum absolute atomic E-state index is 0.700. The number of imidazole rings is 1. The van der Waals surface area contributed by atoms with Gasteiger partial charge in [-0.3, -0.25) is 0 Å². The summed E-state index contributed by atoms with van der Waals surface area (Å²) in [5, 5.41) is 1.29. The van der Waals surface area contributed by atoms with Crippen molar-refractivity contribution < 1.29 is 0 Å². The fourth-order valence-corrected chi connectivity index (χ4v) is 2.62. The Morgan fingerprint density at radius 1 is 1.15 bits per heavy atom. The minimum atomic E-state index is 0.700. The van der Waals surface area contributed by atoms with Crippen molar-refractivity contribution in [1.82, 2.24) is 14.1 Å². The number of nitrogens with two attached hydrogens (primary N) is 1. The van der Waals surface area contributed by atoms with Crippen molar-refractivity contribution in [2.45, 2.75) is 19.4 Å². The summed E-state index contributed by atoms with van der Waals surface area (Å²) in [4.78, 5) is 4.37. The standard InChI is InChI=1S/C16H20N4/c1-19-11-8-18-16(19)6-10-20-9-5-14-12-13(4-7-17)2-3-15(14)20/h2-3,5,8-9,11-12H,4,6-7,10,17H2,1H3. The first-order valence-corrected chi connectivity index (χ1v) is 7.02. The van der Waals surface area contributed by atoms with E-state index in [0.717, 1.165) is 25.2 Å². The number of rotatable bonds is 5. The Bertz CT molecular complexity index is 708. The van der Waals surface area contributed by atoms with Gasteiger partial charge >= 0.3 is 0 Å². The maximum absolute atomic E-state index is 5.61. The van der Waals surface area contributed by atoms with E-state index < -0.39 is 0 Å². The average Bonchev–Trinajstić information content (AvgIpc) is 3.03. The van der Waals surface area contributed by atoms with Gasteiger partial charge in [-0.25, -0.2) is 4.98 Å². The van der Waals surface area contributed by atoms with Gasteiger partial charge in [0.15, 0.2) is 0 Å². The molecule has 0 atom stereocenters. The Labute approximate surface area is 118 Å². The molecule has 0 spiro atoms. The number of aromatic nitrogens is 3. The quantitative estimate of drug-likeness (QED) is 0.770. The third-order valence-electron chi connectivity index (χ3n) is 3.77. The molecule has 0 aliphatic carbocycles. The van der Waals surface area contributed by atoms with Gasteiger partial charge in [-0.1, -0.05) is 6.07 Å². The monoisotopic (exact) mass is 268 g/mol. The summed E-state index contributed by atoms with van der Waals surface area (Å²) >= 11 is 0. The van der Waals surface area contributed by atoms with Crippen LogP contribution >= 0.6 is 0 Å². The van der Waals surface area contributed by atoms with Gasteiger partial charge in [-0.15, -0.1) is 0 Å². The second-order valence-corrected chi connectivity index (χ2v) is 5.15. The molecule has 0 amide bonds. The molecule has 20 heavy (non-hydrogen) atoms. The van der Waals surface area contributed by atoms with E-state index in [9.17, 15) is 0 Å². The van der Waals surface area contributed by atoms with Gasteiger partial charge in [0.05, 0.1) is 0 Å². The molecule has 4 heteroatoms. The minimum Gasteiger partial charge on any atom is -0.347 e. The number of nitrogens with zero attached hydrogens (tertiary/aromatic N) is 3. The van der Waals surface area contributed by atoms with Gasteiger partial charge in [0.2, 0.25) is 0 Å². The molecule has 104 valence electrons. The van der Waals surface area contributed by atoms with Crippen LogP contribution in [0.2, 0.25) is 0 Å². The molecule has 1 aromatic carbocycles. The second-order valence-electron chi connectivity index (χ2n) is 5.15. The Balaban J connectivity index is 1.80. The van der Waals surface area contributed by atoms with E-state index in [1.807, 2.05) is 19.4 Å². The molecule has 0 bridgehead atoms. The van der Waals surface area contributed by atoms with Crippen LogP contribution in [0.4, 0.5) is 0 Å². The maximum atomic E-state index is 5.61. The molecule has 0 radical (unpaired) electrons. The molecule has 0 fully saturated rings. The molecular formula is C16H20N4. The molecule has 0 saturated heterocycles. The topological polar surface area (TPSA) is 48.8 Å². The van der Waals surface area contributed by atoms with Crippen LogP contribution in [0.1, 0.15) is 11.4 Å². The van der Waals surface area contributed by atoms with E-state index >= 15 is 0 Å². The summed E-state index contributed by atoms with van der Waals surface area (Å²) in [6, 6.07) is 8.78.